The lowest BCUT2D eigenvalue weighted by molar-refractivity contribution is -0.697. The van der Waals surface area contributed by atoms with Gasteiger partial charge in [-0.3, -0.25) is 0 Å². The molecular formula is C13H23NO3S. The molecule has 0 aliphatic heterocycles. The molecule has 1 aromatic rings. The lowest BCUT2D eigenvalue weighted by Gasteiger charge is -1.97. The van der Waals surface area contributed by atoms with Gasteiger partial charge in [0, 0.05) is 24.8 Å². The highest BCUT2D eigenvalue weighted by molar-refractivity contribution is 7.84. The zero-order valence-electron chi connectivity index (χ0n) is 11.4. The Morgan fingerprint density at radius 1 is 1.17 bits per heavy atom. The number of nitrogens with zero attached hydrogens (tertiary/aromatic N) is 1. The van der Waals surface area contributed by atoms with E-state index in [9.17, 15) is 0 Å². The van der Waals surface area contributed by atoms with Gasteiger partial charge in [0.15, 0.2) is 12.4 Å². The van der Waals surface area contributed by atoms with Gasteiger partial charge in [-0.25, -0.2) is 13.0 Å². The number of hydrogen-bond donors (Lipinski definition) is 0. The first-order valence-electron chi connectivity index (χ1n) is 6.19. The Hall–Kier alpha value is -0.940. The third-order valence-electron chi connectivity index (χ3n) is 2.33. The Kier molecular flexibility index (Phi) is 8.58. The van der Waals surface area contributed by atoms with E-state index >= 15 is 0 Å². The lowest BCUT2D eigenvalue weighted by atomic mass is 10.2. The maximum atomic E-state index is 9.08. The Morgan fingerprint density at radius 3 is 2.11 bits per heavy atom. The number of aromatic nitrogens is 1. The Morgan fingerprint density at radius 2 is 1.67 bits per heavy atom. The van der Waals surface area contributed by atoms with Crippen molar-refractivity contribution in [3.63, 3.8) is 0 Å². The number of pyridine rings is 1. The average molecular weight is 273 g/mol. The van der Waals surface area contributed by atoms with Crippen LogP contribution < -0.4 is 4.57 Å². The molecule has 1 aromatic heterocycles. The highest BCUT2D eigenvalue weighted by Crippen LogP contribution is 1.98. The summed E-state index contributed by atoms with van der Waals surface area (Å²) in [6.07, 6.45) is 10.3. The minimum absolute atomic E-state index is 0.604. The largest absolute Gasteiger partial charge is 0.748 e. The molecule has 104 valence electrons. The smallest absolute Gasteiger partial charge is 0.169 e. The molecule has 0 aromatic carbocycles. The quantitative estimate of drug-likeness (QED) is 0.468. The normalized spacial score (nSPS) is 10.7. The Bertz CT molecular complexity index is 404. The van der Waals surface area contributed by atoms with Crippen LogP contribution in [0.3, 0.4) is 0 Å². The topological polar surface area (TPSA) is 61.1 Å². The van der Waals surface area contributed by atoms with Crippen molar-refractivity contribution in [2.45, 2.75) is 46.1 Å². The monoisotopic (exact) mass is 273 g/mol. The average Bonchev–Trinajstić information content (AvgIpc) is 2.25. The fourth-order valence-corrected chi connectivity index (χ4v) is 1.40. The van der Waals surface area contributed by atoms with E-state index in [1.807, 2.05) is 0 Å². The maximum Gasteiger partial charge on any atom is 0.169 e. The van der Waals surface area contributed by atoms with Crippen molar-refractivity contribution in [3.8, 4) is 0 Å². The molecule has 0 amide bonds. The van der Waals surface area contributed by atoms with Gasteiger partial charge in [0.25, 0.3) is 0 Å². The minimum atomic E-state index is -3.92. The Labute approximate surface area is 110 Å². The molecule has 4 nitrogen and oxygen atoms in total. The lowest BCUT2D eigenvalue weighted by Crippen LogP contribution is -2.32. The standard InChI is InChI=1S/C12H20N.CH4O3S/c1-3-4-5-6-9-13-10-7-12(2)8-11-13;1-5(2,3)4/h7-8,10-11H,3-6,9H2,1-2H3;1H3,(H,2,3,4)/q+1;/p-1. The van der Waals surface area contributed by atoms with E-state index in [1.165, 1.54) is 37.8 Å². The van der Waals surface area contributed by atoms with Crippen LogP contribution in [-0.2, 0) is 16.7 Å². The molecule has 0 bridgehead atoms. The maximum absolute atomic E-state index is 9.08. The van der Waals surface area contributed by atoms with E-state index in [0.717, 1.165) is 0 Å². The van der Waals surface area contributed by atoms with Crippen LogP contribution in [0, 0.1) is 6.92 Å². The first-order valence-corrected chi connectivity index (χ1v) is 8.01. The molecule has 5 heteroatoms. The third kappa shape index (κ3) is 13.1. The summed E-state index contributed by atoms with van der Waals surface area (Å²) in [6, 6.07) is 4.33. The second kappa shape index (κ2) is 9.05. The van der Waals surface area contributed by atoms with E-state index in [-0.39, 0.29) is 0 Å². The molecule has 0 unspecified atom stereocenters. The van der Waals surface area contributed by atoms with Gasteiger partial charge in [0.2, 0.25) is 0 Å². The molecule has 0 aliphatic rings. The van der Waals surface area contributed by atoms with Crippen LogP contribution in [0.15, 0.2) is 24.5 Å². The molecule has 1 rings (SSSR count). The molecule has 0 N–H and O–H groups in total. The summed E-state index contributed by atoms with van der Waals surface area (Å²) in [5.41, 5.74) is 1.34. The zero-order chi connectivity index (χ0) is 14.0. The van der Waals surface area contributed by atoms with Gasteiger partial charge in [0.05, 0.1) is 10.1 Å². The summed E-state index contributed by atoms with van der Waals surface area (Å²) in [5, 5.41) is 0. The molecule has 1 heterocycles. The van der Waals surface area contributed by atoms with Gasteiger partial charge >= 0.3 is 0 Å². The van der Waals surface area contributed by atoms with Crippen molar-refractivity contribution in [2.24, 2.45) is 0 Å². The highest BCUT2D eigenvalue weighted by Gasteiger charge is 1.97. The minimum Gasteiger partial charge on any atom is -0.748 e. The van der Waals surface area contributed by atoms with Crippen molar-refractivity contribution in [1.82, 2.24) is 0 Å². The van der Waals surface area contributed by atoms with Crippen molar-refractivity contribution < 1.29 is 17.5 Å². The Balaban J connectivity index is 0.000000494. The number of aryl methyl sites for hydroxylation is 2. The van der Waals surface area contributed by atoms with Gasteiger partial charge < -0.3 is 4.55 Å². The SMILES string of the molecule is CCCCCC[n+]1ccc(C)cc1.CS(=O)(=O)[O-]. The molecule has 0 saturated heterocycles. The van der Waals surface area contributed by atoms with E-state index in [4.69, 9.17) is 13.0 Å². The molecule has 0 saturated carbocycles. The molecular weight excluding hydrogens is 250 g/mol. The number of hydrogen-bond acceptors (Lipinski definition) is 3. The van der Waals surface area contributed by atoms with E-state index in [2.05, 4.69) is 42.9 Å². The number of unbranched alkanes of at least 4 members (excludes halogenated alkanes) is 3. The van der Waals surface area contributed by atoms with Crippen LogP contribution in [0.25, 0.3) is 0 Å². The van der Waals surface area contributed by atoms with Crippen LogP contribution >= 0.6 is 0 Å². The molecule has 18 heavy (non-hydrogen) atoms. The summed E-state index contributed by atoms with van der Waals surface area (Å²) < 4.78 is 29.5. The molecule has 0 atom stereocenters. The summed E-state index contributed by atoms with van der Waals surface area (Å²) >= 11 is 0. The summed E-state index contributed by atoms with van der Waals surface area (Å²) in [6.45, 7) is 5.54. The fourth-order valence-electron chi connectivity index (χ4n) is 1.40. The van der Waals surface area contributed by atoms with Crippen molar-refractivity contribution >= 4 is 10.1 Å². The summed E-state index contributed by atoms with van der Waals surface area (Å²) in [5.74, 6) is 0. The van der Waals surface area contributed by atoms with Crippen LogP contribution in [0.4, 0.5) is 0 Å². The van der Waals surface area contributed by atoms with Gasteiger partial charge in [-0.2, -0.15) is 0 Å². The summed E-state index contributed by atoms with van der Waals surface area (Å²) in [4.78, 5) is 0. The molecule has 0 aliphatic carbocycles. The van der Waals surface area contributed by atoms with Crippen LogP contribution in [0.5, 0.6) is 0 Å². The van der Waals surface area contributed by atoms with Crippen LogP contribution in [0.1, 0.15) is 38.2 Å². The van der Waals surface area contributed by atoms with Gasteiger partial charge in [-0.1, -0.05) is 19.8 Å². The van der Waals surface area contributed by atoms with E-state index < -0.39 is 10.1 Å². The van der Waals surface area contributed by atoms with Crippen LogP contribution in [0.2, 0.25) is 0 Å². The van der Waals surface area contributed by atoms with Crippen LogP contribution in [-0.4, -0.2) is 19.2 Å². The first-order chi connectivity index (χ1) is 8.33. The predicted octanol–water partition coefficient (Wildman–Crippen LogP) is 2.02. The highest BCUT2D eigenvalue weighted by atomic mass is 32.2. The summed E-state index contributed by atoms with van der Waals surface area (Å²) in [7, 11) is -3.92. The first kappa shape index (κ1) is 17.1. The predicted molar refractivity (Wildman–Crippen MR) is 71.1 cm³/mol. The molecule has 0 radical (unpaired) electrons. The van der Waals surface area contributed by atoms with Crippen molar-refractivity contribution in [2.75, 3.05) is 6.26 Å². The van der Waals surface area contributed by atoms with Gasteiger partial charge in [-0.15, -0.1) is 0 Å². The third-order valence-corrected chi connectivity index (χ3v) is 2.33. The number of rotatable bonds is 5. The second-order valence-corrected chi connectivity index (χ2v) is 5.79. The fraction of sp³-hybridized carbons (Fsp3) is 0.615. The second-order valence-electron chi connectivity index (χ2n) is 4.38. The van der Waals surface area contributed by atoms with E-state index in [1.54, 1.807) is 0 Å². The van der Waals surface area contributed by atoms with E-state index in [0.29, 0.717) is 6.26 Å². The van der Waals surface area contributed by atoms with Gasteiger partial charge in [-0.05, 0) is 18.9 Å². The zero-order valence-corrected chi connectivity index (χ0v) is 12.2. The van der Waals surface area contributed by atoms with Crippen molar-refractivity contribution in [3.05, 3.63) is 30.1 Å². The molecule has 0 fully saturated rings. The molecule has 0 spiro atoms. The van der Waals surface area contributed by atoms with Crippen molar-refractivity contribution in [1.29, 1.82) is 0 Å². The van der Waals surface area contributed by atoms with Gasteiger partial charge in [0.1, 0.15) is 6.54 Å².